The summed E-state index contributed by atoms with van der Waals surface area (Å²) in [6, 6.07) is 0. The number of aromatic nitrogens is 1. The summed E-state index contributed by atoms with van der Waals surface area (Å²) >= 11 is 0. The standard InChI is InChI=1S/C7H12N2O/c1-2-3-6-5-9-7(4-8)10-6/h5H,2-4,8H2,1H3. The molecule has 0 aliphatic carbocycles. The van der Waals surface area contributed by atoms with E-state index in [9.17, 15) is 0 Å². The molecule has 1 aromatic rings. The third kappa shape index (κ3) is 1.57. The molecule has 0 fully saturated rings. The van der Waals surface area contributed by atoms with Crippen molar-refractivity contribution >= 4 is 0 Å². The number of rotatable bonds is 3. The van der Waals surface area contributed by atoms with Crippen LogP contribution in [0.2, 0.25) is 0 Å². The lowest BCUT2D eigenvalue weighted by atomic mass is 10.3. The zero-order valence-electron chi connectivity index (χ0n) is 6.13. The van der Waals surface area contributed by atoms with E-state index in [4.69, 9.17) is 10.2 Å². The van der Waals surface area contributed by atoms with E-state index < -0.39 is 0 Å². The second-order valence-corrected chi connectivity index (χ2v) is 2.17. The maximum Gasteiger partial charge on any atom is 0.208 e. The van der Waals surface area contributed by atoms with Crippen LogP contribution in [0.5, 0.6) is 0 Å². The smallest absolute Gasteiger partial charge is 0.208 e. The van der Waals surface area contributed by atoms with Crippen LogP contribution in [0.4, 0.5) is 0 Å². The molecule has 3 heteroatoms. The van der Waals surface area contributed by atoms with Crippen LogP contribution in [-0.4, -0.2) is 4.98 Å². The molecule has 1 heterocycles. The summed E-state index contributed by atoms with van der Waals surface area (Å²) in [5.74, 6) is 1.56. The quantitative estimate of drug-likeness (QED) is 0.683. The van der Waals surface area contributed by atoms with Gasteiger partial charge < -0.3 is 10.2 Å². The van der Waals surface area contributed by atoms with Crippen LogP contribution in [0, 0.1) is 0 Å². The highest BCUT2D eigenvalue weighted by atomic mass is 16.4. The Morgan fingerprint density at radius 2 is 2.50 bits per heavy atom. The first-order valence-electron chi connectivity index (χ1n) is 3.50. The van der Waals surface area contributed by atoms with Gasteiger partial charge in [0.15, 0.2) is 0 Å². The van der Waals surface area contributed by atoms with Gasteiger partial charge in [0, 0.05) is 6.42 Å². The highest BCUT2D eigenvalue weighted by Gasteiger charge is 1.98. The van der Waals surface area contributed by atoms with Gasteiger partial charge in [0.2, 0.25) is 5.89 Å². The van der Waals surface area contributed by atoms with E-state index in [-0.39, 0.29) is 0 Å². The average molecular weight is 140 g/mol. The van der Waals surface area contributed by atoms with Crippen molar-refractivity contribution in [2.24, 2.45) is 5.73 Å². The van der Waals surface area contributed by atoms with Crippen molar-refractivity contribution in [3.05, 3.63) is 17.8 Å². The van der Waals surface area contributed by atoms with E-state index in [0.717, 1.165) is 18.6 Å². The Bertz CT molecular complexity index is 195. The van der Waals surface area contributed by atoms with Gasteiger partial charge in [-0.1, -0.05) is 6.92 Å². The Balaban J connectivity index is 2.59. The number of aryl methyl sites for hydroxylation is 1. The van der Waals surface area contributed by atoms with Crippen molar-refractivity contribution in [2.45, 2.75) is 26.3 Å². The first-order valence-corrected chi connectivity index (χ1v) is 3.50. The van der Waals surface area contributed by atoms with Crippen LogP contribution in [0.3, 0.4) is 0 Å². The van der Waals surface area contributed by atoms with E-state index in [1.54, 1.807) is 6.20 Å². The van der Waals surface area contributed by atoms with Gasteiger partial charge >= 0.3 is 0 Å². The maximum atomic E-state index is 5.30. The summed E-state index contributed by atoms with van der Waals surface area (Å²) in [7, 11) is 0. The van der Waals surface area contributed by atoms with Crippen molar-refractivity contribution in [2.75, 3.05) is 0 Å². The molecule has 0 saturated carbocycles. The monoisotopic (exact) mass is 140 g/mol. The molecule has 1 rings (SSSR count). The fourth-order valence-electron chi connectivity index (χ4n) is 0.804. The Morgan fingerprint density at radius 1 is 1.70 bits per heavy atom. The minimum Gasteiger partial charge on any atom is -0.444 e. The second-order valence-electron chi connectivity index (χ2n) is 2.17. The molecule has 2 N–H and O–H groups in total. The number of nitrogens with zero attached hydrogens (tertiary/aromatic N) is 1. The molecular formula is C7H12N2O. The first-order chi connectivity index (χ1) is 4.86. The van der Waals surface area contributed by atoms with Gasteiger partial charge in [-0.2, -0.15) is 0 Å². The van der Waals surface area contributed by atoms with Gasteiger partial charge in [0.25, 0.3) is 0 Å². The predicted molar refractivity (Wildman–Crippen MR) is 38.4 cm³/mol. The van der Waals surface area contributed by atoms with E-state index in [1.165, 1.54) is 0 Å². The van der Waals surface area contributed by atoms with Crippen LogP contribution < -0.4 is 5.73 Å². The Hall–Kier alpha value is -0.830. The third-order valence-corrected chi connectivity index (χ3v) is 1.27. The van der Waals surface area contributed by atoms with Gasteiger partial charge in [0.1, 0.15) is 5.76 Å². The van der Waals surface area contributed by atoms with Crippen LogP contribution >= 0.6 is 0 Å². The normalized spacial score (nSPS) is 10.2. The van der Waals surface area contributed by atoms with Gasteiger partial charge in [-0.3, -0.25) is 0 Å². The molecule has 10 heavy (non-hydrogen) atoms. The lowest BCUT2D eigenvalue weighted by Gasteiger charge is -1.87. The minimum atomic E-state index is 0.393. The van der Waals surface area contributed by atoms with Crippen LogP contribution in [-0.2, 0) is 13.0 Å². The molecule has 3 nitrogen and oxygen atoms in total. The molecule has 0 aromatic carbocycles. The summed E-state index contributed by atoms with van der Waals surface area (Å²) in [6.45, 7) is 2.49. The highest BCUT2D eigenvalue weighted by molar-refractivity contribution is 4.93. The van der Waals surface area contributed by atoms with E-state index in [1.807, 2.05) is 0 Å². The summed E-state index contributed by atoms with van der Waals surface area (Å²) < 4.78 is 5.24. The van der Waals surface area contributed by atoms with E-state index >= 15 is 0 Å². The molecule has 1 aromatic heterocycles. The Labute approximate surface area is 60.2 Å². The zero-order valence-corrected chi connectivity index (χ0v) is 6.13. The fourth-order valence-corrected chi connectivity index (χ4v) is 0.804. The topological polar surface area (TPSA) is 52.0 Å². The summed E-state index contributed by atoms with van der Waals surface area (Å²) in [6.07, 6.45) is 3.78. The molecule has 0 saturated heterocycles. The summed E-state index contributed by atoms with van der Waals surface area (Å²) in [4.78, 5) is 3.96. The van der Waals surface area contributed by atoms with E-state index in [2.05, 4.69) is 11.9 Å². The zero-order chi connectivity index (χ0) is 7.40. The minimum absolute atomic E-state index is 0.393. The number of hydrogen-bond acceptors (Lipinski definition) is 3. The molecule has 0 bridgehead atoms. The third-order valence-electron chi connectivity index (χ3n) is 1.27. The molecule has 0 aliphatic heterocycles. The molecule has 56 valence electrons. The summed E-state index contributed by atoms with van der Waals surface area (Å²) in [5.41, 5.74) is 5.30. The molecule has 0 unspecified atom stereocenters. The first kappa shape index (κ1) is 7.28. The highest BCUT2D eigenvalue weighted by Crippen LogP contribution is 2.04. The molecule has 0 spiro atoms. The Morgan fingerprint density at radius 3 is 3.00 bits per heavy atom. The van der Waals surface area contributed by atoms with Crippen molar-refractivity contribution in [1.82, 2.24) is 4.98 Å². The number of nitrogens with two attached hydrogens (primary N) is 1. The summed E-state index contributed by atoms with van der Waals surface area (Å²) in [5, 5.41) is 0. The van der Waals surface area contributed by atoms with Crippen LogP contribution in [0.25, 0.3) is 0 Å². The van der Waals surface area contributed by atoms with Crippen molar-refractivity contribution in [3.8, 4) is 0 Å². The van der Waals surface area contributed by atoms with Gasteiger partial charge in [-0.15, -0.1) is 0 Å². The number of hydrogen-bond donors (Lipinski definition) is 1. The SMILES string of the molecule is CCCc1cnc(CN)o1. The average Bonchev–Trinajstić information content (AvgIpc) is 2.37. The Kier molecular flexibility index (Phi) is 2.45. The van der Waals surface area contributed by atoms with Crippen LogP contribution in [0.15, 0.2) is 10.6 Å². The lowest BCUT2D eigenvalue weighted by Crippen LogP contribution is -1.94. The van der Waals surface area contributed by atoms with Crippen molar-refractivity contribution < 1.29 is 4.42 Å². The molecule has 0 radical (unpaired) electrons. The number of oxazole rings is 1. The predicted octanol–water partition coefficient (Wildman–Crippen LogP) is 1.09. The molecule has 0 amide bonds. The van der Waals surface area contributed by atoms with E-state index in [0.29, 0.717) is 12.4 Å². The fraction of sp³-hybridized carbons (Fsp3) is 0.571. The lowest BCUT2D eigenvalue weighted by molar-refractivity contribution is 0.454. The maximum absolute atomic E-state index is 5.30. The second kappa shape index (κ2) is 3.37. The van der Waals surface area contributed by atoms with Crippen molar-refractivity contribution in [3.63, 3.8) is 0 Å². The van der Waals surface area contributed by atoms with Gasteiger partial charge in [0.05, 0.1) is 12.7 Å². The van der Waals surface area contributed by atoms with Crippen LogP contribution in [0.1, 0.15) is 25.0 Å². The molecule has 0 atom stereocenters. The van der Waals surface area contributed by atoms with Crippen molar-refractivity contribution in [1.29, 1.82) is 0 Å². The molecule has 0 aliphatic rings. The van der Waals surface area contributed by atoms with Gasteiger partial charge in [-0.25, -0.2) is 4.98 Å². The molecular weight excluding hydrogens is 128 g/mol. The largest absolute Gasteiger partial charge is 0.444 e. The van der Waals surface area contributed by atoms with Gasteiger partial charge in [-0.05, 0) is 6.42 Å².